The molecule has 0 bridgehead atoms. The minimum absolute atomic E-state index is 0.1000. The Morgan fingerprint density at radius 1 is 1.31 bits per heavy atom. The van der Waals surface area contributed by atoms with Crippen molar-refractivity contribution in [2.45, 2.75) is 52.9 Å². The highest BCUT2D eigenvalue weighted by atomic mass is 16.1. The van der Waals surface area contributed by atoms with Gasteiger partial charge in [0.25, 0.3) is 0 Å². The van der Waals surface area contributed by atoms with Gasteiger partial charge >= 0.3 is 0 Å². The molecule has 1 fully saturated rings. The fraction of sp³-hybridized carbons (Fsp3) is 0.909. The van der Waals surface area contributed by atoms with Crippen molar-refractivity contribution in [3.8, 4) is 0 Å². The van der Waals surface area contributed by atoms with Gasteiger partial charge in [-0.25, -0.2) is 0 Å². The van der Waals surface area contributed by atoms with E-state index < -0.39 is 0 Å². The van der Waals surface area contributed by atoms with E-state index in [2.05, 4.69) is 5.32 Å². The molecule has 0 saturated heterocycles. The Kier molecular flexibility index (Phi) is 7.76. The smallest absolute Gasteiger partial charge is 0.216 e. The molecule has 1 N–H and O–H groups in total. The molecule has 0 aromatic heterocycles. The van der Waals surface area contributed by atoms with Crippen LogP contribution in [-0.2, 0) is 4.79 Å². The lowest BCUT2D eigenvalue weighted by molar-refractivity contribution is -0.118. The molecule has 1 amide bonds. The SMILES string of the molecule is CC.CC(=O)NCCC1CCCC1. The van der Waals surface area contributed by atoms with Crippen LogP contribution in [-0.4, -0.2) is 12.5 Å². The highest BCUT2D eigenvalue weighted by Crippen LogP contribution is 2.26. The van der Waals surface area contributed by atoms with Gasteiger partial charge in [0.05, 0.1) is 0 Å². The van der Waals surface area contributed by atoms with E-state index in [1.165, 1.54) is 32.1 Å². The molecule has 1 saturated carbocycles. The Hall–Kier alpha value is -0.530. The van der Waals surface area contributed by atoms with E-state index in [1.807, 2.05) is 13.8 Å². The minimum atomic E-state index is 0.1000. The maximum atomic E-state index is 10.5. The van der Waals surface area contributed by atoms with Crippen LogP contribution in [0.5, 0.6) is 0 Å². The summed E-state index contributed by atoms with van der Waals surface area (Å²) in [7, 11) is 0. The number of hydrogen-bond donors (Lipinski definition) is 1. The summed E-state index contributed by atoms with van der Waals surface area (Å²) in [6.45, 7) is 6.45. The summed E-state index contributed by atoms with van der Waals surface area (Å²) in [4.78, 5) is 10.5. The third-order valence-electron chi connectivity index (χ3n) is 2.40. The standard InChI is InChI=1S/C9H17NO.C2H6/c1-8(11)10-7-6-9-4-2-3-5-9;1-2/h9H,2-7H2,1H3,(H,10,11);1-2H3. The summed E-state index contributed by atoms with van der Waals surface area (Å²) >= 11 is 0. The number of nitrogens with one attached hydrogen (secondary N) is 1. The first kappa shape index (κ1) is 12.5. The number of carbonyl (C=O) groups excluding carboxylic acids is 1. The molecule has 2 nitrogen and oxygen atoms in total. The van der Waals surface area contributed by atoms with Crippen molar-refractivity contribution >= 4 is 5.91 Å². The minimum Gasteiger partial charge on any atom is -0.356 e. The van der Waals surface area contributed by atoms with Gasteiger partial charge in [0.1, 0.15) is 0 Å². The molecule has 0 unspecified atom stereocenters. The van der Waals surface area contributed by atoms with E-state index >= 15 is 0 Å². The van der Waals surface area contributed by atoms with Crippen LogP contribution in [0.2, 0.25) is 0 Å². The summed E-state index contributed by atoms with van der Waals surface area (Å²) < 4.78 is 0. The normalized spacial score (nSPS) is 16.2. The fourth-order valence-corrected chi connectivity index (χ4v) is 1.75. The molecule has 0 heterocycles. The van der Waals surface area contributed by atoms with E-state index in [0.717, 1.165) is 12.5 Å². The predicted octanol–water partition coefficient (Wildman–Crippen LogP) is 2.73. The van der Waals surface area contributed by atoms with E-state index in [0.29, 0.717) is 0 Å². The van der Waals surface area contributed by atoms with Gasteiger partial charge in [0, 0.05) is 13.5 Å². The largest absolute Gasteiger partial charge is 0.356 e. The maximum absolute atomic E-state index is 10.5. The Labute approximate surface area is 82.1 Å². The number of rotatable bonds is 3. The molecular weight excluding hydrogens is 162 g/mol. The number of hydrogen-bond acceptors (Lipinski definition) is 1. The Bertz CT molecular complexity index is 128. The zero-order valence-electron chi connectivity index (χ0n) is 9.23. The summed E-state index contributed by atoms with van der Waals surface area (Å²) in [5.74, 6) is 0.991. The topological polar surface area (TPSA) is 29.1 Å². The van der Waals surface area contributed by atoms with Crippen LogP contribution in [0.25, 0.3) is 0 Å². The molecule has 2 heteroatoms. The lowest BCUT2D eigenvalue weighted by Crippen LogP contribution is -2.22. The van der Waals surface area contributed by atoms with Gasteiger partial charge in [-0.3, -0.25) is 4.79 Å². The first-order valence-electron chi connectivity index (χ1n) is 5.53. The molecule has 0 aromatic carbocycles. The van der Waals surface area contributed by atoms with Gasteiger partial charge < -0.3 is 5.32 Å². The van der Waals surface area contributed by atoms with E-state index in [-0.39, 0.29) is 5.91 Å². The van der Waals surface area contributed by atoms with E-state index in [4.69, 9.17) is 0 Å². The fourth-order valence-electron chi connectivity index (χ4n) is 1.75. The Morgan fingerprint density at radius 3 is 2.31 bits per heavy atom. The molecule has 0 aliphatic heterocycles. The summed E-state index contributed by atoms with van der Waals surface area (Å²) in [6, 6.07) is 0. The van der Waals surface area contributed by atoms with Crippen molar-refractivity contribution in [1.29, 1.82) is 0 Å². The first-order valence-corrected chi connectivity index (χ1v) is 5.53. The van der Waals surface area contributed by atoms with Gasteiger partial charge in [-0.1, -0.05) is 39.5 Å². The van der Waals surface area contributed by atoms with Crippen molar-refractivity contribution < 1.29 is 4.79 Å². The molecule has 13 heavy (non-hydrogen) atoms. The van der Waals surface area contributed by atoms with Gasteiger partial charge in [-0.2, -0.15) is 0 Å². The molecular formula is C11H23NO. The van der Waals surface area contributed by atoms with Crippen LogP contribution in [0.15, 0.2) is 0 Å². The lowest BCUT2D eigenvalue weighted by Gasteiger charge is -2.07. The Morgan fingerprint density at radius 2 is 1.85 bits per heavy atom. The quantitative estimate of drug-likeness (QED) is 0.719. The predicted molar refractivity (Wildman–Crippen MR) is 56.6 cm³/mol. The van der Waals surface area contributed by atoms with Crippen LogP contribution in [0.4, 0.5) is 0 Å². The average molecular weight is 185 g/mol. The molecule has 0 atom stereocenters. The van der Waals surface area contributed by atoms with Crippen LogP contribution < -0.4 is 5.32 Å². The second-order valence-electron chi connectivity index (χ2n) is 3.42. The van der Waals surface area contributed by atoms with Crippen molar-refractivity contribution in [1.82, 2.24) is 5.32 Å². The van der Waals surface area contributed by atoms with E-state index in [9.17, 15) is 4.79 Å². The van der Waals surface area contributed by atoms with Gasteiger partial charge in [0.15, 0.2) is 0 Å². The first-order chi connectivity index (χ1) is 6.29. The molecule has 1 aliphatic carbocycles. The van der Waals surface area contributed by atoms with Crippen molar-refractivity contribution in [3.05, 3.63) is 0 Å². The molecule has 0 radical (unpaired) electrons. The van der Waals surface area contributed by atoms with Crippen molar-refractivity contribution in [2.75, 3.05) is 6.54 Å². The number of amides is 1. The van der Waals surface area contributed by atoms with Gasteiger partial charge in [-0.15, -0.1) is 0 Å². The van der Waals surface area contributed by atoms with Crippen LogP contribution >= 0.6 is 0 Å². The molecule has 1 rings (SSSR count). The summed E-state index contributed by atoms with van der Waals surface area (Å²) in [5, 5.41) is 2.83. The molecule has 1 aliphatic rings. The molecule has 0 spiro atoms. The Balaban J connectivity index is 0.000000671. The number of carbonyl (C=O) groups is 1. The molecule has 0 aromatic rings. The highest BCUT2D eigenvalue weighted by molar-refractivity contribution is 5.72. The molecule has 78 valence electrons. The average Bonchev–Trinajstić information content (AvgIpc) is 2.60. The van der Waals surface area contributed by atoms with E-state index in [1.54, 1.807) is 6.92 Å². The monoisotopic (exact) mass is 185 g/mol. The van der Waals surface area contributed by atoms with Crippen molar-refractivity contribution in [3.63, 3.8) is 0 Å². The second kappa shape index (κ2) is 8.09. The van der Waals surface area contributed by atoms with Crippen LogP contribution in [0.3, 0.4) is 0 Å². The zero-order chi connectivity index (χ0) is 10.1. The maximum Gasteiger partial charge on any atom is 0.216 e. The summed E-state index contributed by atoms with van der Waals surface area (Å²) in [5.41, 5.74) is 0. The third kappa shape index (κ3) is 6.62. The van der Waals surface area contributed by atoms with Gasteiger partial charge in [0.2, 0.25) is 5.91 Å². The van der Waals surface area contributed by atoms with Crippen LogP contribution in [0, 0.1) is 5.92 Å². The van der Waals surface area contributed by atoms with Crippen LogP contribution in [0.1, 0.15) is 52.9 Å². The summed E-state index contributed by atoms with van der Waals surface area (Å²) in [6.07, 6.45) is 6.72. The van der Waals surface area contributed by atoms with Gasteiger partial charge in [-0.05, 0) is 12.3 Å². The second-order valence-corrected chi connectivity index (χ2v) is 3.42. The lowest BCUT2D eigenvalue weighted by atomic mass is 10.0. The third-order valence-corrected chi connectivity index (χ3v) is 2.40. The zero-order valence-corrected chi connectivity index (χ0v) is 9.23. The highest BCUT2D eigenvalue weighted by Gasteiger charge is 2.13. The van der Waals surface area contributed by atoms with Crippen molar-refractivity contribution in [2.24, 2.45) is 5.92 Å².